The molecule has 1 aromatic carbocycles. The van der Waals surface area contributed by atoms with E-state index in [2.05, 4.69) is 48.4 Å². The summed E-state index contributed by atoms with van der Waals surface area (Å²) in [5.74, 6) is -0.474. The standard InChI is InChI=1S/C30H40N2O6/c1-19(2)14-15-24-20(3)37-30(35)25(13-9-12-23(24)18-22-10-7-6-8-11-22)32-29(34)27-28(38-21(4)33)26(36-5)16-17-31-27/h6-8,10-11,16-17,19-20,23-25H,9,12-15,18H2,1-5H3,(H,32,34)/t20-,23+,24-,25-/m0/s1. The smallest absolute Gasteiger partial charge is 0.328 e. The van der Waals surface area contributed by atoms with E-state index in [4.69, 9.17) is 14.2 Å². The maximum absolute atomic E-state index is 13.3. The van der Waals surface area contributed by atoms with Crippen LogP contribution in [0.2, 0.25) is 0 Å². The Morgan fingerprint density at radius 2 is 1.89 bits per heavy atom. The number of methoxy groups -OCH3 is 1. The number of hydrogen-bond acceptors (Lipinski definition) is 7. The lowest BCUT2D eigenvalue weighted by atomic mass is 9.77. The molecule has 0 unspecified atom stereocenters. The first kappa shape index (κ1) is 29.1. The van der Waals surface area contributed by atoms with Crippen LogP contribution in [0.25, 0.3) is 0 Å². The largest absolute Gasteiger partial charge is 0.493 e. The van der Waals surface area contributed by atoms with Crippen molar-refractivity contribution in [1.29, 1.82) is 0 Å². The van der Waals surface area contributed by atoms with Gasteiger partial charge in [-0.2, -0.15) is 0 Å². The molecule has 0 bridgehead atoms. The molecule has 1 amide bonds. The van der Waals surface area contributed by atoms with Crippen LogP contribution in [0.3, 0.4) is 0 Å². The average molecular weight is 525 g/mol. The number of cyclic esters (lactones) is 1. The van der Waals surface area contributed by atoms with Gasteiger partial charge < -0.3 is 19.5 Å². The molecule has 1 aliphatic heterocycles. The molecular weight excluding hydrogens is 484 g/mol. The van der Waals surface area contributed by atoms with Gasteiger partial charge in [0.15, 0.2) is 11.4 Å². The van der Waals surface area contributed by atoms with E-state index in [1.807, 2.05) is 13.0 Å². The van der Waals surface area contributed by atoms with Crippen molar-refractivity contribution in [1.82, 2.24) is 10.3 Å². The van der Waals surface area contributed by atoms with Gasteiger partial charge in [-0.1, -0.05) is 57.0 Å². The van der Waals surface area contributed by atoms with E-state index in [1.165, 1.54) is 31.9 Å². The highest BCUT2D eigenvalue weighted by Gasteiger charge is 2.35. The van der Waals surface area contributed by atoms with Crippen molar-refractivity contribution in [2.24, 2.45) is 17.8 Å². The highest BCUT2D eigenvalue weighted by Crippen LogP contribution is 2.34. The summed E-state index contributed by atoms with van der Waals surface area (Å²) in [6, 6.07) is 11.1. The third kappa shape index (κ3) is 8.04. The van der Waals surface area contributed by atoms with E-state index in [0.717, 1.165) is 32.1 Å². The highest BCUT2D eigenvalue weighted by molar-refractivity contribution is 5.98. The molecule has 0 aliphatic carbocycles. The maximum Gasteiger partial charge on any atom is 0.328 e. The number of carbonyl (C=O) groups is 3. The molecule has 1 saturated heterocycles. The summed E-state index contributed by atoms with van der Waals surface area (Å²) in [5.41, 5.74) is 1.15. The normalized spacial score (nSPS) is 22.0. The van der Waals surface area contributed by atoms with Gasteiger partial charge in [0.05, 0.1) is 7.11 Å². The maximum atomic E-state index is 13.3. The van der Waals surface area contributed by atoms with E-state index in [-0.39, 0.29) is 29.2 Å². The van der Waals surface area contributed by atoms with E-state index in [0.29, 0.717) is 18.3 Å². The summed E-state index contributed by atoms with van der Waals surface area (Å²) in [6.07, 6.45) is 6.15. The lowest BCUT2D eigenvalue weighted by Crippen LogP contribution is -2.43. The highest BCUT2D eigenvalue weighted by atomic mass is 16.6. The van der Waals surface area contributed by atoms with E-state index in [1.54, 1.807) is 0 Å². The zero-order valence-electron chi connectivity index (χ0n) is 23.1. The summed E-state index contributed by atoms with van der Waals surface area (Å²) in [5, 5.41) is 2.77. The molecule has 2 aromatic rings. The molecule has 8 heteroatoms. The number of esters is 2. The van der Waals surface area contributed by atoms with Crippen molar-refractivity contribution in [3.8, 4) is 11.5 Å². The molecule has 38 heavy (non-hydrogen) atoms. The van der Waals surface area contributed by atoms with Gasteiger partial charge in [0.2, 0.25) is 5.75 Å². The molecule has 2 heterocycles. The van der Waals surface area contributed by atoms with Gasteiger partial charge in [0.25, 0.3) is 5.91 Å². The molecular formula is C30H40N2O6. The van der Waals surface area contributed by atoms with Crippen LogP contribution in [0, 0.1) is 17.8 Å². The molecule has 4 atom stereocenters. The van der Waals surface area contributed by atoms with Gasteiger partial charge in [0.1, 0.15) is 12.1 Å². The monoisotopic (exact) mass is 524 g/mol. The van der Waals surface area contributed by atoms with E-state index < -0.39 is 23.9 Å². The van der Waals surface area contributed by atoms with Gasteiger partial charge in [-0.25, -0.2) is 9.78 Å². The molecule has 1 fully saturated rings. The molecule has 0 spiro atoms. The summed E-state index contributed by atoms with van der Waals surface area (Å²) < 4.78 is 16.4. The summed E-state index contributed by atoms with van der Waals surface area (Å²) in [7, 11) is 1.41. The Morgan fingerprint density at radius 3 is 2.55 bits per heavy atom. The van der Waals surface area contributed by atoms with Gasteiger partial charge in [-0.3, -0.25) is 9.59 Å². The van der Waals surface area contributed by atoms with Gasteiger partial charge in [-0.15, -0.1) is 0 Å². The van der Waals surface area contributed by atoms with Crippen molar-refractivity contribution in [3.05, 3.63) is 53.9 Å². The Hall–Kier alpha value is -3.42. The molecule has 8 nitrogen and oxygen atoms in total. The number of aromatic nitrogens is 1. The quantitative estimate of drug-likeness (QED) is 0.453. The fraction of sp³-hybridized carbons (Fsp3) is 0.533. The minimum atomic E-state index is -0.843. The van der Waals surface area contributed by atoms with Gasteiger partial charge in [-0.05, 0) is 55.9 Å². The number of amides is 1. The summed E-state index contributed by atoms with van der Waals surface area (Å²) in [4.78, 5) is 42.2. The Morgan fingerprint density at radius 1 is 1.16 bits per heavy atom. The minimum absolute atomic E-state index is 0.0820. The first-order valence-corrected chi connectivity index (χ1v) is 13.5. The summed E-state index contributed by atoms with van der Waals surface area (Å²) >= 11 is 0. The fourth-order valence-electron chi connectivity index (χ4n) is 5.17. The zero-order valence-corrected chi connectivity index (χ0v) is 23.1. The van der Waals surface area contributed by atoms with Crippen LogP contribution in [-0.2, 0) is 20.7 Å². The lowest BCUT2D eigenvalue weighted by Gasteiger charge is -2.32. The number of pyridine rings is 1. The second kappa shape index (κ2) is 13.9. The van der Waals surface area contributed by atoms with Crippen LogP contribution in [0.4, 0.5) is 0 Å². The van der Waals surface area contributed by atoms with Gasteiger partial charge >= 0.3 is 11.9 Å². The average Bonchev–Trinajstić information content (AvgIpc) is 2.92. The lowest BCUT2D eigenvalue weighted by molar-refractivity contribution is -0.154. The third-order valence-corrected chi connectivity index (χ3v) is 7.14. The molecule has 0 saturated carbocycles. The van der Waals surface area contributed by atoms with Crippen LogP contribution < -0.4 is 14.8 Å². The SMILES string of the molecule is COc1ccnc(C(=O)N[C@H]2CCC[C@H](Cc3ccccc3)[C@@H](CCC(C)C)[C@H](C)OC2=O)c1OC(C)=O. The first-order valence-electron chi connectivity index (χ1n) is 13.5. The number of benzene rings is 1. The topological polar surface area (TPSA) is 104 Å². The van der Waals surface area contributed by atoms with E-state index in [9.17, 15) is 14.4 Å². The molecule has 3 rings (SSSR count). The number of hydrogen-bond donors (Lipinski definition) is 1. The zero-order chi connectivity index (χ0) is 27.7. The molecule has 1 aromatic heterocycles. The predicted octanol–water partition coefficient (Wildman–Crippen LogP) is 5.14. The molecule has 206 valence electrons. The van der Waals surface area contributed by atoms with Crippen LogP contribution in [0.1, 0.15) is 75.9 Å². The molecule has 1 aliphatic rings. The van der Waals surface area contributed by atoms with Crippen molar-refractivity contribution < 1.29 is 28.6 Å². The van der Waals surface area contributed by atoms with Crippen molar-refractivity contribution in [2.75, 3.05) is 7.11 Å². The Kier molecular flexibility index (Phi) is 10.7. The number of nitrogens with zero attached hydrogens (tertiary/aromatic N) is 1. The first-order chi connectivity index (χ1) is 18.2. The van der Waals surface area contributed by atoms with Crippen LogP contribution in [0.15, 0.2) is 42.6 Å². The number of rotatable bonds is 9. The van der Waals surface area contributed by atoms with Crippen LogP contribution in [-0.4, -0.2) is 42.1 Å². The van der Waals surface area contributed by atoms with E-state index >= 15 is 0 Å². The van der Waals surface area contributed by atoms with Crippen LogP contribution in [0.5, 0.6) is 11.5 Å². The Labute approximate surface area is 225 Å². The second-order valence-corrected chi connectivity index (χ2v) is 10.5. The number of carbonyl (C=O) groups excluding carboxylic acids is 3. The predicted molar refractivity (Wildman–Crippen MR) is 144 cm³/mol. The number of ether oxygens (including phenoxy) is 3. The van der Waals surface area contributed by atoms with Crippen molar-refractivity contribution in [3.63, 3.8) is 0 Å². The third-order valence-electron chi connectivity index (χ3n) is 7.14. The van der Waals surface area contributed by atoms with Crippen LogP contribution >= 0.6 is 0 Å². The Bertz CT molecular complexity index is 1090. The second-order valence-electron chi connectivity index (χ2n) is 10.5. The minimum Gasteiger partial charge on any atom is -0.493 e. The molecule has 0 radical (unpaired) electrons. The van der Waals surface area contributed by atoms with Gasteiger partial charge in [0, 0.05) is 19.2 Å². The van der Waals surface area contributed by atoms with Crippen molar-refractivity contribution >= 4 is 17.8 Å². The summed E-state index contributed by atoms with van der Waals surface area (Å²) in [6.45, 7) is 7.61. The fourth-order valence-corrected chi connectivity index (χ4v) is 5.17. The molecule has 1 N–H and O–H groups in total. The van der Waals surface area contributed by atoms with Crippen molar-refractivity contribution in [2.45, 2.75) is 78.4 Å². The number of nitrogens with one attached hydrogen (secondary N) is 1. The Balaban J connectivity index is 1.81.